The van der Waals surface area contributed by atoms with Crippen molar-refractivity contribution < 1.29 is 9.53 Å². The van der Waals surface area contributed by atoms with Gasteiger partial charge in [0, 0.05) is 11.4 Å². The molecule has 0 amide bonds. The molecule has 0 aliphatic heterocycles. The van der Waals surface area contributed by atoms with Gasteiger partial charge in [-0.05, 0) is 42.4 Å². The lowest BCUT2D eigenvalue weighted by molar-refractivity contribution is -0.142. The van der Waals surface area contributed by atoms with Crippen molar-refractivity contribution in [2.45, 2.75) is 25.2 Å². The Morgan fingerprint density at radius 2 is 2.25 bits per heavy atom. The average molecular weight is 239 g/mol. The summed E-state index contributed by atoms with van der Waals surface area (Å²) in [6.45, 7) is 0. The van der Waals surface area contributed by atoms with Crippen molar-refractivity contribution >= 4 is 17.6 Å². The Bertz CT molecular complexity index is 383. The highest BCUT2D eigenvalue weighted by atomic mass is 35.5. The monoisotopic (exact) mass is 238 g/mol. The smallest absolute Gasteiger partial charge is 0.305 e. The predicted octanol–water partition coefficient (Wildman–Crippen LogP) is 3.40. The molecule has 0 bridgehead atoms. The zero-order valence-electron chi connectivity index (χ0n) is 9.28. The normalized spacial score (nSPS) is 23.6. The van der Waals surface area contributed by atoms with E-state index < -0.39 is 0 Å². The van der Waals surface area contributed by atoms with Crippen LogP contribution in [0.3, 0.4) is 0 Å². The predicted molar refractivity (Wildman–Crippen MR) is 63.6 cm³/mol. The molecule has 0 heterocycles. The molecule has 1 aromatic rings. The summed E-state index contributed by atoms with van der Waals surface area (Å²) < 4.78 is 4.66. The van der Waals surface area contributed by atoms with E-state index in [9.17, 15) is 4.79 Å². The zero-order chi connectivity index (χ0) is 11.5. The van der Waals surface area contributed by atoms with Gasteiger partial charge in [-0.3, -0.25) is 4.79 Å². The molecule has 0 N–H and O–H groups in total. The number of rotatable bonds is 3. The molecule has 1 aromatic carbocycles. The molecule has 0 saturated heterocycles. The van der Waals surface area contributed by atoms with E-state index in [0.717, 1.165) is 17.9 Å². The van der Waals surface area contributed by atoms with Crippen molar-refractivity contribution in [3.63, 3.8) is 0 Å². The van der Waals surface area contributed by atoms with Crippen LogP contribution in [0.15, 0.2) is 24.3 Å². The first-order chi connectivity index (χ1) is 7.69. The van der Waals surface area contributed by atoms with Crippen LogP contribution in [-0.2, 0) is 9.53 Å². The highest BCUT2D eigenvalue weighted by molar-refractivity contribution is 6.30. The van der Waals surface area contributed by atoms with Crippen LogP contribution < -0.4 is 0 Å². The number of carbonyl (C=O) groups excluding carboxylic acids is 1. The molecule has 2 rings (SSSR count). The lowest BCUT2D eigenvalue weighted by Crippen LogP contribution is -2.24. The lowest BCUT2D eigenvalue weighted by Gasteiger charge is -2.35. The number of benzene rings is 1. The lowest BCUT2D eigenvalue weighted by atomic mass is 9.70. The molecular formula is C13H15ClO2. The quantitative estimate of drug-likeness (QED) is 0.755. The molecule has 2 nitrogen and oxygen atoms in total. The van der Waals surface area contributed by atoms with Crippen molar-refractivity contribution in [1.29, 1.82) is 0 Å². The third-order valence-corrected chi connectivity index (χ3v) is 3.47. The maximum Gasteiger partial charge on any atom is 0.305 e. The number of ether oxygens (including phenoxy) is 1. The Hall–Kier alpha value is -1.02. The summed E-state index contributed by atoms with van der Waals surface area (Å²) >= 11 is 5.94. The molecule has 0 unspecified atom stereocenters. The van der Waals surface area contributed by atoms with Gasteiger partial charge in [0.05, 0.1) is 7.11 Å². The van der Waals surface area contributed by atoms with Crippen LogP contribution >= 0.6 is 11.6 Å². The summed E-state index contributed by atoms with van der Waals surface area (Å²) in [5.41, 5.74) is 1.29. The van der Waals surface area contributed by atoms with Gasteiger partial charge in [-0.1, -0.05) is 23.7 Å². The first kappa shape index (κ1) is 11.5. The van der Waals surface area contributed by atoms with Gasteiger partial charge in [0.15, 0.2) is 0 Å². The van der Waals surface area contributed by atoms with Crippen LogP contribution in [-0.4, -0.2) is 13.1 Å². The second-order valence-corrected chi connectivity index (χ2v) is 4.81. The van der Waals surface area contributed by atoms with Crippen LogP contribution in [0.25, 0.3) is 0 Å². The van der Waals surface area contributed by atoms with Gasteiger partial charge in [0.1, 0.15) is 0 Å². The molecule has 1 fully saturated rings. The van der Waals surface area contributed by atoms with E-state index in [1.165, 1.54) is 12.7 Å². The number of carbonyl (C=O) groups is 1. The Balaban J connectivity index is 1.86. The van der Waals surface area contributed by atoms with E-state index in [-0.39, 0.29) is 5.97 Å². The summed E-state index contributed by atoms with van der Waals surface area (Å²) in [4.78, 5) is 11.1. The number of methoxy groups -OCH3 is 1. The van der Waals surface area contributed by atoms with Crippen molar-refractivity contribution in [3.8, 4) is 0 Å². The Morgan fingerprint density at radius 3 is 2.88 bits per heavy atom. The summed E-state index contributed by atoms with van der Waals surface area (Å²) in [5, 5.41) is 0.786. The van der Waals surface area contributed by atoms with E-state index >= 15 is 0 Å². The molecule has 0 radical (unpaired) electrons. The van der Waals surface area contributed by atoms with Crippen LogP contribution in [0.1, 0.15) is 30.7 Å². The van der Waals surface area contributed by atoms with Gasteiger partial charge in [0.2, 0.25) is 0 Å². The van der Waals surface area contributed by atoms with Gasteiger partial charge in [0.25, 0.3) is 0 Å². The second-order valence-electron chi connectivity index (χ2n) is 4.37. The number of esters is 1. The van der Waals surface area contributed by atoms with E-state index in [1.54, 1.807) is 0 Å². The zero-order valence-corrected chi connectivity index (χ0v) is 10.0. The van der Waals surface area contributed by atoms with Gasteiger partial charge in [-0.25, -0.2) is 0 Å². The second kappa shape index (κ2) is 4.88. The first-order valence-electron chi connectivity index (χ1n) is 5.51. The number of halogens is 1. The standard InChI is InChI=1S/C13H15ClO2/c1-16-13(15)7-9-5-11(6-9)10-3-2-4-12(14)8-10/h2-4,8-9,11H,5-7H2,1H3. The number of hydrogen-bond acceptors (Lipinski definition) is 2. The van der Waals surface area contributed by atoms with Crippen LogP contribution in [0.5, 0.6) is 0 Å². The van der Waals surface area contributed by atoms with Gasteiger partial charge in [-0.15, -0.1) is 0 Å². The van der Waals surface area contributed by atoms with E-state index in [2.05, 4.69) is 10.8 Å². The van der Waals surface area contributed by atoms with Crippen LogP contribution in [0.4, 0.5) is 0 Å². The molecule has 3 heteroatoms. The highest BCUT2D eigenvalue weighted by Crippen LogP contribution is 2.43. The molecule has 0 aromatic heterocycles. The molecule has 1 aliphatic carbocycles. The van der Waals surface area contributed by atoms with E-state index in [4.69, 9.17) is 11.6 Å². The highest BCUT2D eigenvalue weighted by Gasteiger charge is 2.31. The maximum absolute atomic E-state index is 11.1. The third kappa shape index (κ3) is 2.56. The summed E-state index contributed by atoms with van der Waals surface area (Å²) in [6.07, 6.45) is 2.68. The minimum absolute atomic E-state index is 0.102. The Morgan fingerprint density at radius 1 is 1.50 bits per heavy atom. The summed E-state index contributed by atoms with van der Waals surface area (Å²) in [5.74, 6) is 0.944. The Labute approximate surface area is 101 Å². The largest absolute Gasteiger partial charge is 0.469 e. The summed E-state index contributed by atoms with van der Waals surface area (Å²) in [7, 11) is 1.44. The average Bonchev–Trinajstić information content (AvgIpc) is 2.22. The van der Waals surface area contributed by atoms with E-state index in [1.807, 2.05) is 18.2 Å². The van der Waals surface area contributed by atoms with Crippen molar-refractivity contribution in [1.82, 2.24) is 0 Å². The minimum Gasteiger partial charge on any atom is -0.469 e. The van der Waals surface area contributed by atoms with Gasteiger partial charge in [-0.2, -0.15) is 0 Å². The summed E-state index contributed by atoms with van der Waals surface area (Å²) in [6, 6.07) is 7.98. The van der Waals surface area contributed by atoms with Crippen molar-refractivity contribution in [2.75, 3.05) is 7.11 Å². The molecule has 16 heavy (non-hydrogen) atoms. The van der Waals surface area contributed by atoms with Crippen LogP contribution in [0.2, 0.25) is 5.02 Å². The molecule has 1 aliphatic rings. The van der Waals surface area contributed by atoms with Crippen LogP contribution in [0, 0.1) is 5.92 Å². The van der Waals surface area contributed by atoms with E-state index in [0.29, 0.717) is 18.3 Å². The molecule has 86 valence electrons. The fraction of sp³-hybridized carbons (Fsp3) is 0.462. The first-order valence-corrected chi connectivity index (χ1v) is 5.89. The number of hydrogen-bond donors (Lipinski definition) is 0. The topological polar surface area (TPSA) is 26.3 Å². The Kier molecular flexibility index (Phi) is 3.49. The van der Waals surface area contributed by atoms with Gasteiger partial charge < -0.3 is 4.74 Å². The minimum atomic E-state index is -0.102. The van der Waals surface area contributed by atoms with Gasteiger partial charge >= 0.3 is 5.97 Å². The molecular weight excluding hydrogens is 224 g/mol. The van der Waals surface area contributed by atoms with Crippen molar-refractivity contribution in [2.24, 2.45) is 5.92 Å². The molecule has 1 saturated carbocycles. The molecule has 0 spiro atoms. The fourth-order valence-electron chi connectivity index (χ4n) is 2.25. The van der Waals surface area contributed by atoms with Crippen molar-refractivity contribution in [3.05, 3.63) is 34.9 Å². The SMILES string of the molecule is COC(=O)CC1CC(c2cccc(Cl)c2)C1. The third-order valence-electron chi connectivity index (χ3n) is 3.24. The maximum atomic E-state index is 11.1. The molecule has 0 atom stereocenters. The fourth-order valence-corrected chi connectivity index (χ4v) is 2.45.